The van der Waals surface area contributed by atoms with Crippen molar-refractivity contribution in [1.82, 2.24) is 25.5 Å². The van der Waals surface area contributed by atoms with Crippen LogP contribution in [-0.4, -0.2) is 84.1 Å². The van der Waals surface area contributed by atoms with Gasteiger partial charge in [0.15, 0.2) is 0 Å². The first-order valence-corrected chi connectivity index (χ1v) is 11.7. The Hall–Kier alpha value is -3.53. The van der Waals surface area contributed by atoms with E-state index in [1.807, 2.05) is 30.3 Å². The molecule has 0 unspecified atom stereocenters. The zero-order chi connectivity index (χ0) is 25.0. The second kappa shape index (κ2) is 13.4. The van der Waals surface area contributed by atoms with Gasteiger partial charge >= 0.3 is 6.03 Å². The summed E-state index contributed by atoms with van der Waals surface area (Å²) in [5.74, 6) is -1.04. The zero-order valence-electron chi connectivity index (χ0n) is 20.0. The molecule has 0 spiro atoms. The third-order valence-electron chi connectivity index (χ3n) is 5.93. The van der Waals surface area contributed by atoms with E-state index < -0.39 is 17.8 Å². The quantitative estimate of drug-likeness (QED) is 0.289. The Balaban J connectivity index is 1.63. The van der Waals surface area contributed by atoms with Crippen LogP contribution >= 0.6 is 0 Å². The molecule has 9 heteroatoms. The summed E-state index contributed by atoms with van der Waals surface area (Å²) in [4.78, 5) is 43.1. The Morgan fingerprint density at radius 1 is 1.00 bits per heavy atom. The topological polar surface area (TPSA) is 105 Å². The molecule has 2 aromatic carbocycles. The molecule has 1 heterocycles. The first kappa shape index (κ1) is 26.1. The number of hydrogen-bond acceptors (Lipinski definition) is 6. The Morgan fingerprint density at radius 2 is 1.69 bits per heavy atom. The SMILES string of the molecule is CN1CCN(CCCN(Cc2ccc(C=CC(=O)NO)cc2)C(=O)NC(=O)c2ccccc2)CC1. The highest BCUT2D eigenvalue weighted by Gasteiger charge is 2.19. The van der Waals surface area contributed by atoms with E-state index in [9.17, 15) is 14.4 Å². The Labute approximate surface area is 206 Å². The molecule has 2 aromatic rings. The van der Waals surface area contributed by atoms with Gasteiger partial charge in [0.25, 0.3) is 11.8 Å². The lowest BCUT2D eigenvalue weighted by Crippen LogP contribution is -2.46. The second-order valence-electron chi connectivity index (χ2n) is 8.60. The number of rotatable bonds is 9. The minimum absolute atomic E-state index is 0.345. The largest absolute Gasteiger partial charge is 0.324 e. The van der Waals surface area contributed by atoms with Crippen molar-refractivity contribution in [3.8, 4) is 0 Å². The van der Waals surface area contributed by atoms with Crippen molar-refractivity contribution in [2.45, 2.75) is 13.0 Å². The highest BCUT2D eigenvalue weighted by molar-refractivity contribution is 6.04. The summed E-state index contributed by atoms with van der Waals surface area (Å²) in [6.45, 7) is 5.85. The number of amides is 4. The lowest BCUT2D eigenvalue weighted by Gasteiger charge is -2.33. The van der Waals surface area contributed by atoms with Crippen LogP contribution in [0, 0.1) is 0 Å². The van der Waals surface area contributed by atoms with E-state index in [4.69, 9.17) is 5.21 Å². The standard InChI is InChI=1S/C26H33N5O4/c1-29-16-18-30(19-17-29)14-5-15-31(26(34)27-25(33)23-6-3-2-4-7-23)20-22-10-8-21(9-11-22)12-13-24(32)28-35/h2-4,6-13,35H,5,14-20H2,1H3,(H,28,32)(H,27,33,34). The van der Waals surface area contributed by atoms with Crippen molar-refractivity contribution >= 4 is 23.9 Å². The van der Waals surface area contributed by atoms with E-state index in [1.54, 1.807) is 40.7 Å². The number of benzene rings is 2. The molecule has 186 valence electrons. The van der Waals surface area contributed by atoms with Crippen LogP contribution in [0.1, 0.15) is 27.9 Å². The third kappa shape index (κ3) is 8.64. The number of carbonyl (C=O) groups excluding carboxylic acids is 3. The monoisotopic (exact) mass is 479 g/mol. The van der Waals surface area contributed by atoms with Crippen LogP contribution in [0.3, 0.4) is 0 Å². The summed E-state index contributed by atoms with van der Waals surface area (Å²) in [7, 11) is 2.12. The summed E-state index contributed by atoms with van der Waals surface area (Å²) in [6, 6.07) is 15.6. The number of hydrogen-bond donors (Lipinski definition) is 3. The van der Waals surface area contributed by atoms with Crippen molar-refractivity contribution in [2.24, 2.45) is 0 Å². The van der Waals surface area contributed by atoms with Crippen LogP contribution in [0.4, 0.5) is 4.79 Å². The van der Waals surface area contributed by atoms with Crippen LogP contribution in [0.5, 0.6) is 0 Å². The van der Waals surface area contributed by atoms with E-state index in [-0.39, 0.29) is 0 Å². The van der Waals surface area contributed by atoms with Crippen LogP contribution in [-0.2, 0) is 11.3 Å². The Kier molecular flexibility index (Phi) is 9.97. The van der Waals surface area contributed by atoms with Gasteiger partial charge in [-0.1, -0.05) is 42.5 Å². The van der Waals surface area contributed by atoms with Gasteiger partial charge in [0.05, 0.1) is 0 Å². The molecule has 0 radical (unpaired) electrons. The molecule has 0 atom stereocenters. The molecule has 1 aliphatic rings. The molecule has 3 N–H and O–H groups in total. The number of likely N-dealkylation sites (N-methyl/N-ethyl adjacent to an activating group) is 1. The minimum Gasteiger partial charge on any atom is -0.320 e. The maximum atomic E-state index is 13.0. The molecular formula is C26H33N5O4. The molecule has 1 saturated heterocycles. The molecule has 9 nitrogen and oxygen atoms in total. The van der Waals surface area contributed by atoms with Gasteiger partial charge < -0.3 is 14.7 Å². The summed E-state index contributed by atoms with van der Waals surface area (Å²) >= 11 is 0. The second-order valence-corrected chi connectivity index (χ2v) is 8.60. The van der Waals surface area contributed by atoms with Crippen molar-refractivity contribution in [3.05, 3.63) is 77.4 Å². The fourth-order valence-corrected chi connectivity index (χ4v) is 3.81. The maximum Gasteiger partial charge on any atom is 0.324 e. The third-order valence-corrected chi connectivity index (χ3v) is 5.93. The molecule has 0 saturated carbocycles. The van der Waals surface area contributed by atoms with Crippen LogP contribution < -0.4 is 10.8 Å². The van der Waals surface area contributed by atoms with Gasteiger partial charge in [-0.05, 0) is 49.3 Å². The van der Waals surface area contributed by atoms with Gasteiger partial charge in [0, 0.05) is 50.9 Å². The number of carbonyl (C=O) groups is 3. The average Bonchev–Trinajstić information content (AvgIpc) is 2.89. The number of hydroxylamine groups is 1. The molecule has 3 rings (SSSR count). The van der Waals surface area contributed by atoms with Crippen molar-refractivity contribution in [3.63, 3.8) is 0 Å². The number of nitrogens with one attached hydrogen (secondary N) is 2. The highest BCUT2D eigenvalue weighted by atomic mass is 16.5. The molecule has 1 aliphatic heterocycles. The normalized spacial score (nSPS) is 14.6. The van der Waals surface area contributed by atoms with Crippen LogP contribution in [0.25, 0.3) is 6.08 Å². The van der Waals surface area contributed by atoms with Crippen LogP contribution in [0.15, 0.2) is 60.7 Å². The number of urea groups is 1. The van der Waals surface area contributed by atoms with E-state index in [1.165, 1.54) is 6.08 Å². The predicted molar refractivity (Wildman–Crippen MR) is 134 cm³/mol. The average molecular weight is 480 g/mol. The zero-order valence-corrected chi connectivity index (χ0v) is 20.0. The Morgan fingerprint density at radius 3 is 2.34 bits per heavy atom. The van der Waals surface area contributed by atoms with Gasteiger partial charge in [-0.25, -0.2) is 10.3 Å². The summed E-state index contributed by atoms with van der Waals surface area (Å²) in [5, 5.41) is 11.1. The molecule has 0 aliphatic carbocycles. The van der Waals surface area contributed by atoms with Gasteiger partial charge in [-0.3, -0.25) is 20.1 Å². The molecule has 0 aromatic heterocycles. The minimum atomic E-state index is -0.611. The molecule has 1 fully saturated rings. The Bertz CT molecular complexity index is 1000. The molecule has 0 bridgehead atoms. The first-order valence-electron chi connectivity index (χ1n) is 11.7. The van der Waals surface area contributed by atoms with Crippen LogP contribution in [0.2, 0.25) is 0 Å². The fraction of sp³-hybridized carbons (Fsp3) is 0.346. The fourth-order valence-electron chi connectivity index (χ4n) is 3.81. The van der Waals surface area contributed by atoms with E-state index >= 15 is 0 Å². The molecule has 4 amide bonds. The first-order chi connectivity index (χ1) is 16.9. The number of imide groups is 1. The highest BCUT2D eigenvalue weighted by Crippen LogP contribution is 2.11. The maximum absolute atomic E-state index is 13.0. The number of piperazine rings is 1. The molecular weight excluding hydrogens is 446 g/mol. The van der Waals surface area contributed by atoms with Gasteiger partial charge in [-0.15, -0.1) is 0 Å². The van der Waals surface area contributed by atoms with E-state index in [0.29, 0.717) is 18.7 Å². The molecule has 35 heavy (non-hydrogen) atoms. The number of nitrogens with zero attached hydrogens (tertiary/aromatic N) is 3. The smallest absolute Gasteiger partial charge is 0.320 e. The predicted octanol–water partition coefficient (Wildman–Crippen LogP) is 2.19. The van der Waals surface area contributed by atoms with Gasteiger partial charge in [0.2, 0.25) is 0 Å². The van der Waals surface area contributed by atoms with Crippen molar-refractivity contribution in [2.75, 3.05) is 46.3 Å². The summed E-state index contributed by atoms with van der Waals surface area (Å²) in [5.41, 5.74) is 3.66. The van der Waals surface area contributed by atoms with Gasteiger partial charge in [-0.2, -0.15) is 0 Å². The van der Waals surface area contributed by atoms with E-state index in [0.717, 1.165) is 50.3 Å². The van der Waals surface area contributed by atoms with Gasteiger partial charge in [0.1, 0.15) is 0 Å². The van der Waals surface area contributed by atoms with Crippen molar-refractivity contribution < 1.29 is 19.6 Å². The van der Waals surface area contributed by atoms with Crippen molar-refractivity contribution in [1.29, 1.82) is 0 Å². The van der Waals surface area contributed by atoms with E-state index in [2.05, 4.69) is 22.2 Å². The summed E-state index contributed by atoms with van der Waals surface area (Å²) < 4.78 is 0. The lowest BCUT2D eigenvalue weighted by atomic mass is 10.1. The lowest BCUT2D eigenvalue weighted by molar-refractivity contribution is -0.124. The summed E-state index contributed by atoms with van der Waals surface area (Å²) in [6.07, 6.45) is 3.60.